The van der Waals surface area contributed by atoms with Gasteiger partial charge in [0.2, 0.25) is 0 Å². The SMILES string of the molecule is C/C=C(/C)C(=O)O[C@H]1CC(C)(C)C[C@H]2C3=CC[C@@H]4[C@@]5(C)CC[C@H](O[C@@H]6O[C@H](C(=O)O)[C@@H](O)[C@H](O[C@@H]7O[C@H](CO)[C@H](O)[C@H](O)[C@H]7O[C@@H]7O[C@@H](C)[C@H](O)[C@@H](O)[C@H]7O[C@@H]7O[C@@H](C)[C@H](O)[C@@H](O)[C@H]7O)[C@H]6O[C@@H]6O[C@H](CO)[C@H](O)[C@H](O)[C@H]6O)C(C)(C)[C@@H]5CC[C@@]4(C)[C@]3(C)C[C@@H](O)[C@@]12CO. The molecule has 5 aliphatic carbocycles. The molecule has 0 spiro atoms. The summed E-state index contributed by atoms with van der Waals surface area (Å²) in [5, 5.41) is 180. The zero-order valence-electron chi connectivity index (χ0n) is 55.3. The summed E-state index contributed by atoms with van der Waals surface area (Å²) in [6.45, 7) is 18.9. The maximum absolute atomic E-state index is 13.5. The molecule has 5 aliphatic heterocycles. The second-order valence-electron chi connectivity index (χ2n) is 30.7. The largest absolute Gasteiger partial charge is 0.479 e. The van der Waals surface area contributed by atoms with Crippen LogP contribution in [0.1, 0.15) is 128 Å². The van der Waals surface area contributed by atoms with Crippen molar-refractivity contribution in [1.82, 2.24) is 0 Å². The van der Waals surface area contributed by atoms with Gasteiger partial charge in [-0.3, -0.25) is 0 Å². The van der Waals surface area contributed by atoms with Crippen LogP contribution >= 0.6 is 0 Å². The van der Waals surface area contributed by atoms with E-state index in [0.29, 0.717) is 56.9 Å². The van der Waals surface area contributed by atoms with E-state index < -0.39 is 231 Å². The van der Waals surface area contributed by atoms with E-state index in [1.54, 1.807) is 19.9 Å². The Labute approximate surface area is 546 Å². The van der Waals surface area contributed by atoms with Crippen molar-refractivity contribution in [3.05, 3.63) is 23.3 Å². The van der Waals surface area contributed by atoms with E-state index in [9.17, 15) is 91.3 Å². The third-order valence-electron chi connectivity index (χ3n) is 24.6. The molecule has 35 atom stereocenters. The van der Waals surface area contributed by atoms with Crippen LogP contribution in [0.5, 0.6) is 0 Å². The molecule has 5 saturated heterocycles. The van der Waals surface area contributed by atoms with Gasteiger partial charge in [0.05, 0.1) is 49.7 Å². The van der Waals surface area contributed by atoms with Crippen LogP contribution in [0.2, 0.25) is 0 Å². The molecule has 0 unspecified atom stereocenters. The average molecular weight is 1350 g/mol. The van der Waals surface area contributed by atoms with Crippen molar-refractivity contribution in [2.45, 2.75) is 299 Å². The van der Waals surface area contributed by atoms with Gasteiger partial charge in [-0.2, -0.15) is 0 Å². The summed E-state index contributed by atoms with van der Waals surface area (Å²) >= 11 is 0. The minimum absolute atomic E-state index is 0.0131. The number of carboxylic acids is 1. The number of carbonyl (C=O) groups excluding carboxylic acids is 1. The minimum atomic E-state index is -2.34. The molecule has 0 aromatic heterocycles. The van der Waals surface area contributed by atoms with Crippen LogP contribution in [0, 0.1) is 50.2 Å². The topological polar surface area (TPSA) is 459 Å². The zero-order valence-corrected chi connectivity index (χ0v) is 55.3. The van der Waals surface area contributed by atoms with Gasteiger partial charge < -0.3 is 134 Å². The summed E-state index contributed by atoms with van der Waals surface area (Å²) in [6, 6.07) is 0. The summed E-state index contributed by atoms with van der Waals surface area (Å²) in [5.41, 5.74) is -2.17. The maximum atomic E-state index is 13.5. The van der Waals surface area contributed by atoms with Gasteiger partial charge >= 0.3 is 11.9 Å². The second-order valence-corrected chi connectivity index (χ2v) is 30.7. The molecule has 16 N–H and O–H groups in total. The first-order valence-corrected chi connectivity index (χ1v) is 33.2. The van der Waals surface area contributed by atoms with Gasteiger partial charge in [0.25, 0.3) is 0 Å². The van der Waals surface area contributed by atoms with E-state index in [0.717, 1.165) is 5.57 Å². The highest BCUT2D eigenvalue weighted by Crippen LogP contribution is 2.76. The lowest BCUT2D eigenvalue weighted by atomic mass is 9.33. The molecule has 10 rings (SSSR count). The van der Waals surface area contributed by atoms with Crippen LogP contribution in [0.25, 0.3) is 0 Å². The monoisotopic (exact) mass is 1350 g/mol. The lowest BCUT2D eigenvalue weighted by Gasteiger charge is -2.72. The molecule has 0 bridgehead atoms. The first kappa shape index (κ1) is 74.1. The number of fused-ring (bicyclic) bond motifs is 7. The first-order chi connectivity index (χ1) is 43.9. The van der Waals surface area contributed by atoms with Crippen LogP contribution < -0.4 is 0 Å². The minimum Gasteiger partial charge on any atom is -0.479 e. The van der Waals surface area contributed by atoms with Crippen LogP contribution in [-0.4, -0.2) is 285 Å². The number of esters is 1. The Bertz CT molecular complexity index is 2730. The number of carboxylic acid groups (broad SMARTS) is 1. The Morgan fingerprint density at radius 2 is 1.06 bits per heavy atom. The van der Waals surface area contributed by atoms with Gasteiger partial charge in [0, 0.05) is 5.57 Å². The van der Waals surface area contributed by atoms with Crippen LogP contribution in [0.3, 0.4) is 0 Å². The lowest BCUT2D eigenvalue weighted by Crippen LogP contribution is -2.70. The molecule has 9 fully saturated rings. The molecule has 29 nitrogen and oxygen atoms in total. The quantitative estimate of drug-likeness (QED) is 0.0340. The highest BCUT2D eigenvalue weighted by atomic mass is 16.8. The van der Waals surface area contributed by atoms with Crippen molar-refractivity contribution in [1.29, 1.82) is 0 Å². The molecule has 0 amide bonds. The van der Waals surface area contributed by atoms with Crippen molar-refractivity contribution in [3.63, 3.8) is 0 Å². The summed E-state index contributed by atoms with van der Waals surface area (Å²) in [4.78, 5) is 26.9. The summed E-state index contributed by atoms with van der Waals surface area (Å²) in [7, 11) is 0. The Kier molecular flexibility index (Phi) is 21.6. The van der Waals surface area contributed by atoms with Crippen LogP contribution in [0.4, 0.5) is 0 Å². The number of hydrogen-bond donors (Lipinski definition) is 16. The Morgan fingerprint density at radius 1 is 0.553 bits per heavy atom. The standard InChI is InChI=1S/C65H104O29/c1-12-25(2)54(83)88-36-21-60(5,6)19-29-28-13-14-33-62(9)17-16-35(61(7,8)32(62)15-18-63(33,10)64(28,11)20-34(69)65(29,36)24-68)89-59-52(94-56-46(79)42(75)39(72)30(22-66)86-56)48(47(80)49(91-59)53(81)82)90-58-51(44(77)40(73)31(23-67)87-58)93-57-50(43(76)38(71)27(4)85-57)92-55-45(78)41(74)37(70)26(3)84-55/h12-13,26-27,29-52,55-59,66-80H,14-24H2,1-11H3,(H,81,82)/b25-12-/t26-,27-,29-,30+,31+,32-,33+,34+,35-,36-,37-,38-,39-,40-,41+,42-,43+,44-,45+,46+,47-,48-,49-,50+,51+,52+,55-,56-,57-,58-,59+,62-,63+,64+,65-/m0/s1. The van der Waals surface area contributed by atoms with Gasteiger partial charge in [-0.1, -0.05) is 66.2 Å². The van der Waals surface area contributed by atoms with Crippen molar-refractivity contribution in [3.8, 4) is 0 Å². The normalized spacial score (nSPS) is 52.6. The molecule has 0 radical (unpaired) electrons. The number of aliphatic hydroxyl groups is 15. The van der Waals surface area contributed by atoms with Gasteiger partial charge in [0.1, 0.15) is 110 Å². The molecule has 94 heavy (non-hydrogen) atoms. The van der Waals surface area contributed by atoms with E-state index in [4.69, 9.17) is 52.1 Å². The van der Waals surface area contributed by atoms with E-state index in [-0.39, 0.29) is 23.2 Å². The molecule has 10 aliphatic rings. The zero-order chi connectivity index (χ0) is 69.2. The Hall–Kier alpha value is -2.58. The van der Waals surface area contributed by atoms with E-state index in [2.05, 4.69) is 40.7 Å². The molecule has 5 heterocycles. The van der Waals surface area contributed by atoms with Crippen molar-refractivity contribution in [2.75, 3.05) is 19.8 Å². The predicted octanol–water partition coefficient (Wildman–Crippen LogP) is -2.13. The smallest absolute Gasteiger partial charge is 0.335 e. The molecule has 0 aromatic rings. The number of aliphatic hydroxyl groups excluding tert-OH is 15. The number of hydrogen-bond acceptors (Lipinski definition) is 28. The van der Waals surface area contributed by atoms with Crippen LogP contribution in [0.15, 0.2) is 23.3 Å². The van der Waals surface area contributed by atoms with Crippen LogP contribution in [-0.2, 0) is 61.7 Å². The van der Waals surface area contributed by atoms with E-state index in [1.165, 1.54) is 13.8 Å². The predicted molar refractivity (Wildman–Crippen MR) is 319 cm³/mol. The average Bonchev–Trinajstić information content (AvgIpc) is 0.671. The highest BCUT2D eigenvalue weighted by molar-refractivity contribution is 5.87. The molecule has 4 saturated carbocycles. The molecular formula is C65H104O29. The molecule has 29 heteroatoms. The lowest BCUT2D eigenvalue weighted by molar-refractivity contribution is -0.412. The maximum Gasteiger partial charge on any atom is 0.335 e. The molecule has 0 aromatic carbocycles. The van der Waals surface area contributed by atoms with Gasteiger partial charge in [0.15, 0.2) is 37.6 Å². The second kappa shape index (κ2) is 27.4. The van der Waals surface area contributed by atoms with Crippen molar-refractivity contribution in [2.24, 2.45) is 50.2 Å². The Balaban J connectivity index is 0.976. The van der Waals surface area contributed by atoms with E-state index >= 15 is 0 Å². The number of aliphatic carboxylic acids is 1. The van der Waals surface area contributed by atoms with E-state index in [1.807, 2.05) is 13.8 Å². The summed E-state index contributed by atoms with van der Waals surface area (Å²) < 4.78 is 68.1. The Morgan fingerprint density at radius 3 is 1.66 bits per heavy atom. The fourth-order valence-corrected chi connectivity index (χ4v) is 18.7. The van der Waals surface area contributed by atoms with Gasteiger partial charge in [-0.25, -0.2) is 9.59 Å². The first-order valence-electron chi connectivity index (χ1n) is 33.2. The third kappa shape index (κ3) is 12.4. The number of rotatable bonds is 16. The van der Waals surface area contributed by atoms with Gasteiger partial charge in [-0.15, -0.1) is 0 Å². The van der Waals surface area contributed by atoms with Gasteiger partial charge in [-0.05, 0) is 124 Å². The van der Waals surface area contributed by atoms with Crippen molar-refractivity contribution >= 4 is 11.9 Å². The summed E-state index contributed by atoms with van der Waals surface area (Å²) in [6.07, 6.45) is -42.1. The number of allylic oxidation sites excluding steroid dienone is 3. The van der Waals surface area contributed by atoms with Crippen molar-refractivity contribution < 1.29 is 143 Å². The third-order valence-corrected chi connectivity index (χ3v) is 24.6. The fourth-order valence-electron chi connectivity index (χ4n) is 18.7. The highest BCUT2D eigenvalue weighted by Gasteiger charge is 2.72. The fraction of sp³-hybridized carbons (Fsp3) is 0.908. The number of carbonyl (C=O) groups is 2. The number of ether oxygens (including phenoxy) is 11. The molecule has 538 valence electrons. The summed E-state index contributed by atoms with van der Waals surface area (Å²) in [5.74, 6) is -2.69. The molecular weight excluding hydrogens is 1240 g/mol.